The zero-order valence-corrected chi connectivity index (χ0v) is 10.9. The van der Waals surface area contributed by atoms with Crippen LogP contribution in [0.25, 0.3) is 0 Å². The average molecular weight is 242 g/mol. The predicted octanol–water partition coefficient (Wildman–Crippen LogP) is 1.53. The number of thioether (sulfide) groups is 1. The molecule has 2 fully saturated rings. The van der Waals surface area contributed by atoms with Crippen LogP contribution in [0.3, 0.4) is 0 Å². The van der Waals surface area contributed by atoms with Crippen LogP contribution in [0.15, 0.2) is 0 Å². The molecular weight excluding hydrogens is 220 g/mol. The fourth-order valence-corrected chi connectivity index (χ4v) is 3.74. The van der Waals surface area contributed by atoms with Crippen molar-refractivity contribution in [2.45, 2.75) is 49.8 Å². The molecule has 0 spiro atoms. The van der Waals surface area contributed by atoms with E-state index in [1.165, 1.54) is 18.6 Å². The van der Waals surface area contributed by atoms with E-state index >= 15 is 0 Å². The molecule has 16 heavy (non-hydrogen) atoms. The Morgan fingerprint density at radius 2 is 2.44 bits per heavy atom. The minimum Gasteiger partial charge on any atom is -0.356 e. The molecule has 2 unspecified atom stereocenters. The van der Waals surface area contributed by atoms with E-state index < -0.39 is 0 Å². The first kappa shape index (κ1) is 12.2. The van der Waals surface area contributed by atoms with Gasteiger partial charge in [-0.15, -0.1) is 0 Å². The second-order valence-corrected chi connectivity index (χ2v) is 6.86. The van der Waals surface area contributed by atoms with Crippen LogP contribution in [-0.4, -0.2) is 35.5 Å². The molecule has 2 aliphatic rings. The molecule has 4 heteroatoms. The number of carbonyl (C=O) groups excluding carboxylic acids is 1. The van der Waals surface area contributed by atoms with Crippen molar-refractivity contribution in [2.24, 2.45) is 0 Å². The monoisotopic (exact) mass is 242 g/mol. The van der Waals surface area contributed by atoms with Crippen molar-refractivity contribution in [1.29, 1.82) is 0 Å². The molecule has 3 nitrogen and oxygen atoms in total. The van der Waals surface area contributed by atoms with Crippen molar-refractivity contribution in [3.8, 4) is 0 Å². The summed E-state index contributed by atoms with van der Waals surface area (Å²) in [4.78, 5) is 11.4. The second kappa shape index (κ2) is 5.41. The van der Waals surface area contributed by atoms with Crippen LogP contribution in [-0.2, 0) is 4.79 Å². The van der Waals surface area contributed by atoms with E-state index in [9.17, 15) is 4.79 Å². The van der Waals surface area contributed by atoms with Gasteiger partial charge in [0.05, 0.1) is 0 Å². The minimum absolute atomic E-state index is 0.208. The third-order valence-electron chi connectivity index (χ3n) is 3.55. The van der Waals surface area contributed by atoms with Crippen LogP contribution in [0.4, 0.5) is 0 Å². The van der Waals surface area contributed by atoms with E-state index in [0.29, 0.717) is 17.2 Å². The Morgan fingerprint density at radius 1 is 1.56 bits per heavy atom. The van der Waals surface area contributed by atoms with Gasteiger partial charge in [-0.3, -0.25) is 4.79 Å². The van der Waals surface area contributed by atoms with Crippen LogP contribution >= 0.6 is 11.8 Å². The molecule has 0 aromatic rings. The van der Waals surface area contributed by atoms with E-state index in [1.54, 1.807) is 0 Å². The van der Waals surface area contributed by atoms with Crippen LogP contribution in [0, 0.1) is 0 Å². The SMILES string of the molecule is CC1(CNC2CCCNC(=O)C2)CCCS1. The highest BCUT2D eigenvalue weighted by atomic mass is 32.2. The van der Waals surface area contributed by atoms with Crippen molar-refractivity contribution in [3.63, 3.8) is 0 Å². The van der Waals surface area contributed by atoms with Gasteiger partial charge >= 0.3 is 0 Å². The molecule has 2 atom stereocenters. The predicted molar refractivity (Wildman–Crippen MR) is 68.7 cm³/mol. The van der Waals surface area contributed by atoms with Crippen LogP contribution in [0.5, 0.6) is 0 Å². The summed E-state index contributed by atoms with van der Waals surface area (Å²) in [5.41, 5.74) is 0. The van der Waals surface area contributed by atoms with Gasteiger partial charge in [-0.05, 0) is 38.4 Å². The van der Waals surface area contributed by atoms with E-state index in [2.05, 4.69) is 29.3 Å². The number of hydrogen-bond acceptors (Lipinski definition) is 3. The molecule has 0 aliphatic carbocycles. The Hall–Kier alpha value is -0.220. The quantitative estimate of drug-likeness (QED) is 0.788. The van der Waals surface area contributed by atoms with E-state index in [1.807, 2.05) is 0 Å². The van der Waals surface area contributed by atoms with E-state index in [0.717, 1.165) is 25.9 Å². The summed E-state index contributed by atoms with van der Waals surface area (Å²) in [5, 5.41) is 6.52. The summed E-state index contributed by atoms with van der Waals surface area (Å²) in [6.07, 6.45) is 5.53. The van der Waals surface area contributed by atoms with Gasteiger partial charge in [0.2, 0.25) is 5.91 Å². The summed E-state index contributed by atoms with van der Waals surface area (Å²) in [5.74, 6) is 1.50. The lowest BCUT2D eigenvalue weighted by Gasteiger charge is -2.26. The van der Waals surface area contributed by atoms with Gasteiger partial charge in [0.15, 0.2) is 0 Å². The summed E-state index contributed by atoms with van der Waals surface area (Å²) >= 11 is 2.08. The first-order valence-corrected chi connectivity index (χ1v) is 7.31. The third-order valence-corrected chi connectivity index (χ3v) is 5.09. The molecule has 0 radical (unpaired) electrons. The van der Waals surface area contributed by atoms with Crippen LogP contribution in [0.1, 0.15) is 39.0 Å². The molecular formula is C12H22N2OS. The van der Waals surface area contributed by atoms with Crippen LogP contribution in [0.2, 0.25) is 0 Å². The first-order chi connectivity index (χ1) is 7.68. The van der Waals surface area contributed by atoms with Gasteiger partial charge in [0.25, 0.3) is 0 Å². The number of hydrogen-bond donors (Lipinski definition) is 2. The van der Waals surface area contributed by atoms with Gasteiger partial charge < -0.3 is 10.6 Å². The number of nitrogens with one attached hydrogen (secondary N) is 2. The van der Waals surface area contributed by atoms with E-state index in [-0.39, 0.29) is 5.91 Å². The fraction of sp³-hybridized carbons (Fsp3) is 0.917. The first-order valence-electron chi connectivity index (χ1n) is 6.32. The maximum absolute atomic E-state index is 11.4. The largest absolute Gasteiger partial charge is 0.356 e. The van der Waals surface area contributed by atoms with Gasteiger partial charge in [0, 0.05) is 30.3 Å². The molecule has 2 heterocycles. The highest BCUT2D eigenvalue weighted by Crippen LogP contribution is 2.37. The molecule has 0 aromatic heterocycles. The van der Waals surface area contributed by atoms with Crippen molar-refractivity contribution in [1.82, 2.24) is 10.6 Å². The highest BCUT2D eigenvalue weighted by molar-refractivity contribution is 8.00. The van der Waals surface area contributed by atoms with E-state index in [4.69, 9.17) is 0 Å². The third kappa shape index (κ3) is 3.39. The summed E-state index contributed by atoms with van der Waals surface area (Å²) in [6, 6.07) is 0.389. The standard InChI is InChI=1S/C12H22N2OS/c1-12(5-3-7-16-12)9-14-10-4-2-6-13-11(15)8-10/h10,14H,2-9H2,1H3,(H,13,15). The second-order valence-electron chi connectivity index (χ2n) is 5.18. The zero-order valence-electron chi connectivity index (χ0n) is 10.1. The Labute approximate surface area is 102 Å². The van der Waals surface area contributed by atoms with Crippen molar-refractivity contribution >= 4 is 17.7 Å². The van der Waals surface area contributed by atoms with Gasteiger partial charge in [-0.25, -0.2) is 0 Å². The summed E-state index contributed by atoms with van der Waals surface area (Å²) in [7, 11) is 0. The molecule has 2 aliphatic heterocycles. The lowest BCUT2D eigenvalue weighted by Crippen LogP contribution is -2.40. The van der Waals surface area contributed by atoms with Crippen molar-refractivity contribution in [2.75, 3.05) is 18.8 Å². The Kier molecular flexibility index (Phi) is 4.14. The number of amides is 1. The highest BCUT2D eigenvalue weighted by Gasteiger charge is 2.30. The minimum atomic E-state index is 0.208. The Morgan fingerprint density at radius 3 is 3.19 bits per heavy atom. The van der Waals surface area contributed by atoms with Gasteiger partial charge in [-0.1, -0.05) is 0 Å². The molecule has 1 amide bonds. The van der Waals surface area contributed by atoms with Crippen molar-refractivity contribution in [3.05, 3.63) is 0 Å². The summed E-state index contributed by atoms with van der Waals surface area (Å²) < 4.78 is 0.406. The summed E-state index contributed by atoms with van der Waals surface area (Å²) in [6.45, 7) is 4.24. The molecule has 2 saturated heterocycles. The number of carbonyl (C=O) groups is 1. The molecule has 2 rings (SSSR count). The Bertz CT molecular complexity index is 251. The van der Waals surface area contributed by atoms with Crippen molar-refractivity contribution < 1.29 is 4.79 Å². The van der Waals surface area contributed by atoms with Gasteiger partial charge in [0.1, 0.15) is 0 Å². The topological polar surface area (TPSA) is 41.1 Å². The maximum Gasteiger partial charge on any atom is 0.221 e. The molecule has 92 valence electrons. The fourth-order valence-electron chi connectivity index (χ4n) is 2.49. The maximum atomic E-state index is 11.4. The molecule has 0 aromatic carbocycles. The lowest BCUT2D eigenvalue weighted by atomic mass is 10.0. The molecule has 0 saturated carbocycles. The smallest absolute Gasteiger partial charge is 0.221 e. The zero-order chi connectivity index (χ0) is 11.4. The van der Waals surface area contributed by atoms with Gasteiger partial charge in [-0.2, -0.15) is 11.8 Å². The lowest BCUT2D eigenvalue weighted by molar-refractivity contribution is -0.121. The number of rotatable bonds is 3. The average Bonchev–Trinajstić information content (AvgIpc) is 2.57. The van der Waals surface area contributed by atoms with Crippen LogP contribution < -0.4 is 10.6 Å². The normalized spacial score (nSPS) is 35.8. The molecule has 2 N–H and O–H groups in total. The Balaban J connectivity index is 1.77. The molecule has 0 bridgehead atoms.